The molecular weight excluding hydrogens is 331 g/mol. The van der Waals surface area contributed by atoms with Crippen molar-refractivity contribution >= 4 is 5.91 Å². The Morgan fingerprint density at radius 1 is 1.15 bits per heavy atom. The van der Waals surface area contributed by atoms with Crippen LogP contribution in [0.5, 0.6) is 0 Å². The maximum absolute atomic E-state index is 13.8. The fraction of sp³-hybridized carbons (Fsp3) is 0.667. The van der Waals surface area contributed by atoms with Crippen molar-refractivity contribution < 1.29 is 13.9 Å². The number of halogens is 1. The number of fused-ring (bicyclic) bond motifs is 1. The summed E-state index contributed by atoms with van der Waals surface area (Å²) in [4.78, 5) is 14.6. The molecule has 2 heterocycles. The molecule has 0 radical (unpaired) electrons. The van der Waals surface area contributed by atoms with Gasteiger partial charge in [-0.3, -0.25) is 9.69 Å². The summed E-state index contributed by atoms with van der Waals surface area (Å²) in [5.41, 5.74) is 0.757. The molecule has 0 spiro atoms. The van der Waals surface area contributed by atoms with Gasteiger partial charge in [0, 0.05) is 37.2 Å². The molecule has 1 aromatic rings. The number of carbonyl (C=O) groups is 1. The summed E-state index contributed by atoms with van der Waals surface area (Å²) in [6, 6.07) is 7.39. The van der Waals surface area contributed by atoms with E-state index >= 15 is 0 Å². The van der Waals surface area contributed by atoms with Crippen molar-refractivity contribution in [2.24, 2.45) is 5.92 Å². The van der Waals surface area contributed by atoms with Gasteiger partial charge in [-0.1, -0.05) is 37.5 Å². The van der Waals surface area contributed by atoms with Crippen LogP contribution in [0.2, 0.25) is 0 Å². The van der Waals surface area contributed by atoms with Gasteiger partial charge < -0.3 is 10.1 Å². The molecule has 5 heteroatoms. The highest BCUT2D eigenvalue weighted by Gasteiger charge is 2.44. The molecule has 26 heavy (non-hydrogen) atoms. The van der Waals surface area contributed by atoms with Gasteiger partial charge in [-0.05, 0) is 31.7 Å². The van der Waals surface area contributed by atoms with E-state index in [0.717, 1.165) is 37.8 Å². The fourth-order valence-corrected chi connectivity index (χ4v) is 4.66. The molecule has 0 aromatic heterocycles. The van der Waals surface area contributed by atoms with E-state index in [4.69, 9.17) is 4.74 Å². The Morgan fingerprint density at radius 2 is 1.96 bits per heavy atom. The lowest BCUT2D eigenvalue weighted by atomic mass is 9.88. The average Bonchev–Trinajstić information content (AvgIpc) is 2.66. The summed E-state index contributed by atoms with van der Waals surface area (Å²) < 4.78 is 20.0. The normalized spacial score (nSPS) is 29.7. The van der Waals surface area contributed by atoms with Crippen molar-refractivity contribution in [3.05, 3.63) is 35.6 Å². The van der Waals surface area contributed by atoms with Crippen LogP contribution in [0.1, 0.15) is 50.5 Å². The second-order valence-electron chi connectivity index (χ2n) is 8.04. The lowest BCUT2D eigenvalue weighted by Crippen LogP contribution is -2.64. The predicted octanol–water partition coefficient (Wildman–Crippen LogP) is 3.25. The molecule has 142 valence electrons. The molecule has 3 atom stereocenters. The van der Waals surface area contributed by atoms with E-state index in [1.54, 1.807) is 6.07 Å². The first-order chi connectivity index (χ1) is 12.7. The van der Waals surface area contributed by atoms with Gasteiger partial charge in [0.2, 0.25) is 5.91 Å². The van der Waals surface area contributed by atoms with Gasteiger partial charge in [0.05, 0.1) is 12.2 Å². The van der Waals surface area contributed by atoms with Crippen molar-refractivity contribution in [1.29, 1.82) is 0 Å². The first-order valence-electron chi connectivity index (χ1n) is 10.1. The third-order valence-corrected chi connectivity index (χ3v) is 6.28. The number of nitrogens with one attached hydrogen (secondary N) is 1. The summed E-state index contributed by atoms with van der Waals surface area (Å²) in [7, 11) is 0. The van der Waals surface area contributed by atoms with Crippen LogP contribution in [0.15, 0.2) is 24.3 Å². The Bertz CT molecular complexity index is 632. The quantitative estimate of drug-likeness (QED) is 0.876. The second-order valence-corrected chi connectivity index (χ2v) is 8.04. The SMILES string of the molecule is O=C(NC[C@H]1CC[C@H]2[C@H](CN2Cc2ccccc2F)O1)C1CCCCC1. The topological polar surface area (TPSA) is 41.6 Å². The van der Waals surface area contributed by atoms with Crippen LogP contribution in [0.4, 0.5) is 4.39 Å². The summed E-state index contributed by atoms with van der Waals surface area (Å²) in [6.45, 7) is 2.14. The molecule has 2 aliphatic heterocycles. The Labute approximate surface area is 155 Å². The van der Waals surface area contributed by atoms with Crippen molar-refractivity contribution in [1.82, 2.24) is 10.2 Å². The lowest BCUT2D eigenvalue weighted by molar-refractivity contribution is -0.170. The minimum absolute atomic E-state index is 0.124. The van der Waals surface area contributed by atoms with Crippen LogP contribution in [-0.2, 0) is 16.1 Å². The molecule has 1 aromatic carbocycles. The molecule has 4 rings (SSSR count). The molecule has 1 N–H and O–H groups in total. The van der Waals surface area contributed by atoms with Crippen LogP contribution in [0.3, 0.4) is 0 Å². The Kier molecular flexibility index (Phi) is 5.55. The number of likely N-dealkylation sites (tertiary alicyclic amines) is 1. The maximum atomic E-state index is 13.8. The molecular formula is C21H29FN2O2. The van der Waals surface area contributed by atoms with Crippen LogP contribution >= 0.6 is 0 Å². The standard InChI is InChI=1S/C21H29FN2O2/c22-18-9-5-4-8-16(18)13-24-14-20-19(24)11-10-17(26-20)12-23-21(25)15-6-2-1-3-7-15/h4-5,8-9,15,17,19-20H,1-3,6-7,10-14H2,(H,23,25)/t17-,19+,20+/m1/s1. The average molecular weight is 360 g/mol. The maximum Gasteiger partial charge on any atom is 0.223 e. The molecule has 4 nitrogen and oxygen atoms in total. The highest BCUT2D eigenvalue weighted by atomic mass is 19.1. The predicted molar refractivity (Wildman–Crippen MR) is 98.1 cm³/mol. The number of ether oxygens (including phenoxy) is 1. The summed E-state index contributed by atoms with van der Waals surface area (Å²) >= 11 is 0. The number of nitrogens with zero attached hydrogens (tertiary/aromatic N) is 1. The highest BCUT2D eigenvalue weighted by Crippen LogP contribution is 2.33. The van der Waals surface area contributed by atoms with Gasteiger partial charge in [-0.15, -0.1) is 0 Å². The molecule has 0 unspecified atom stereocenters. The monoisotopic (exact) mass is 360 g/mol. The summed E-state index contributed by atoms with van der Waals surface area (Å²) in [5, 5.41) is 3.11. The van der Waals surface area contributed by atoms with Crippen LogP contribution < -0.4 is 5.32 Å². The van der Waals surface area contributed by atoms with E-state index in [1.165, 1.54) is 25.3 Å². The van der Waals surface area contributed by atoms with Crippen molar-refractivity contribution in [3.8, 4) is 0 Å². The third-order valence-electron chi connectivity index (χ3n) is 6.28. The number of benzene rings is 1. The molecule has 0 bridgehead atoms. The number of rotatable bonds is 5. The molecule has 1 amide bonds. The van der Waals surface area contributed by atoms with Crippen molar-refractivity contribution in [3.63, 3.8) is 0 Å². The minimum Gasteiger partial charge on any atom is -0.370 e. The molecule has 3 aliphatic rings. The van der Waals surface area contributed by atoms with Gasteiger partial charge in [0.25, 0.3) is 0 Å². The zero-order valence-electron chi connectivity index (χ0n) is 15.3. The van der Waals surface area contributed by atoms with Crippen molar-refractivity contribution in [2.45, 2.75) is 69.7 Å². The lowest BCUT2D eigenvalue weighted by Gasteiger charge is -2.52. The zero-order valence-corrected chi connectivity index (χ0v) is 15.3. The van der Waals surface area contributed by atoms with E-state index in [-0.39, 0.29) is 29.9 Å². The molecule has 1 saturated carbocycles. The van der Waals surface area contributed by atoms with E-state index in [0.29, 0.717) is 19.1 Å². The third kappa shape index (κ3) is 3.94. The van der Waals surface area contributed by atoms with Gasteiger partial charge in [0.15, 0.2) is 0 Å². The first kappa shape index (κ1) is 17.9. The Balaban J connectivity index is 1.21. The van der Waals surface area contributed by atoms with Gasteiger partial charge in [-0.2, -0.15) is 0 Å². The van der Waals surface area contributed by atoms with Crippen LogP contribution in [0.25, 0.3) is 0 Å². The first-order valence-corrected chi connectivity index (χ1v) is 10.1. The number of carbonyl (C=O) groups excluding carboxylic acids is 1. The van der Waals surface area contributed by atoms with Gasteiger partial charge in [0.1, 0.15) is 5.82 Å². The van der Waals surface area contributed by atoms with E-state index in [2.05, 4.69) is 10.2 Å². The fourth-order valence-electron chi connectivity index (χ4n) is 4.66. The zero-order chi connectivity index (χ0) is 17.9. The van der Waals surface area contributed by atoms with Crippen molar-refractivity contribution in [2.75, 3.05) is 13.1 Å². The minimum atomic E-state index is -0.129. The van der Waals surface area contributed by atoms with Gasteiger partial charge >= 0.3 is 0 Å². The summed E-state index contributed by atoms with van der Waals surface area (Å²) in [6.07, 6.45) is 8.07. The van der Waals surface area contributed by atoms with Gasteiger partial charge in [-0.25, -0.2) is 4.39 Å². The van der Waals surface area contributed by atoms with E-state index in [9.17, 15) is 9.18 Å². The Hall–Kier alpha value is -1.46. The highest BCUT2D eigenvalue weighted by molar-refractivity contribution is 5.78. The number of hydrogen-bond acceptors (Lipinski definition) is 3. The smallest absolute Gasteiger partial charge is 0.223 e. The summed E-state index contributed by atoms with van der Waals surface area (Å²) in [5.74, 6) is 0.293. The molecule has 2 saturated heterocycles. The van der Waals surface area contributed by atoms with E-state index in [1.807, 2.05) is 12.1 Å². The largest absolute Gasteiger partial charge is 0.370 e. The Morgan fingerprint density at radius 3 is 2.73 bits per heavy atom. The number of hydrogen-bond donors (Lipinski definition) is 1. The molecule has 1 aliphatic carbocycles. The second kappa shape index (κ2) is 8.05. The van der Waals surface area contributed by atoms with E-state index < -0.39 is 0 Å². The number of amides is 1. The molecule has 3 fully saturated rings. The van der Waals surface area contributed by atoms with Crippen LogP contribution in [-0.4, -0.2) is 42.1 Å². The van der Waals surface area contributed by atoms with Crippen LogP contribution in [0, 0.1) is 11.7 Å².